The van der Waals surface area contributed by atoms with E-state index in [-0.39, 0.29) is 11.4 Å². The van der Waals surface area contributed by atoms with Crippen LogP contribution in [0, 0.1) is 5.82 Å². The van der Waals surface area contributed by atoms with Gasteiger partial charge in [0, 0.05) is 36.1 Å². The highest BCUT2D eigenvalue weighted by molar-refractivity contribution is 7.14. The molecule has 23 heavy (non-hydrogen) atoms. The molecule has 2 aromatic rings. The van der Waals surface area contributed by atoms with E-state index in [2.05, 4.69) is 29.0 Å². The minimum atomic E-state index is -0.227. The van der Waals surface area contributed by atoms with Crippen molar-refractivity contribution in [3.8, 4) is 11.3 Å². The largest absolute Gasteiger partial charge is 0.379 e. The molecule has 1 fully saturated rings. The zero-order chi connectivity index (χ0) is 16.3. The molecule has 1 N–H and O–H groups in total. The number of hydrogen-bond donors (Lipinski definition) is 1. The summed E-state index contributed by atoms with van der Waals surface area (Å²) in [6, 6.07) is 6.43. The maximum absolute atomic E-state index is 13.0. The summed E-state index contributed by atoms with van der Waals surface area (Å²) in [6.07, 6.45) is 0. The van der Waals surface area contributed by atoms with Gasteiger partial charge in [-0.15, -0.1) is 11.3 Å². The molecule has 0 atom stereocenters. The Morgan fingerprint density at radius 3 is 2.65 bits per heavy atom. The lowest BCUT2D eigenvalue weighted by Gasteiger charge is -2.40. The Balaban J connectivity index is 1.61. The Hall–Kier alpha value is -1.50. The van der Waals surface area contributed by atoms with E-state index in [4.69, 9.17) is 4.74 Å². The normalized spacial score (nSPS) is 16.5. The summed E-state index contributed by atoms with van der Waals surface area (Å²) in [5, 5.41) is 6.33. The van der Waals surface area contributed by atoms with Gasteiger partial charge in [0.05, 0.1) is 18.9 Å². The SMILES string of the molecule is CC(C)(CNc1nc(-c2ccc(F)cc2)cs1)N1CCOCC1. The molecule has 124 valence electrons. The van der Waals surface area contributed by atoms with Gasteiger partial charge in [-0.05, 0) is 38.1 Å². The standard InChI is InChI=1S/C17H22FN3OS/c1-17(2,21-7-9-22-10-8-21)12-19-16-20-15(11-23-16)13-3-5-14(18)6-4-13/h3-6,11H,7-10,12H2,1-2H3,(H,19,20). The van der Waals surface area contributed by atoms with Gasteiger partial charge in [-0.25, -0.2) is 9.37 Å². The maximum atomic E-state index is 13.0. The van der Waals surface area contributed by atoms with Gasteiger partial charge in [0.2, 0.25) is 0 Å². The predicted molar refractivity (Wildman–Crippen MR) is 92.5 cm³/mol. The quantitative estimate of drug-likeness (QED) is 0.908. The fourth-order valence-corrected chi connectivity index (χ4v) is 3.40. The van der Waals surface area contributed by atoms with Gasteiger partial charge in [0.25, 0.3) is 0 Å². The van der Waals surface area contributed by atoms with Crippen molar-refractivity contribution in [2.75, 3.05) is 38.2 Å². The zero-order valence-corrected chi connectivity index (χ0v) is 14.3. The minimum Gasteiger partial charge on any atom is -0.379 e. The number of anilines is 1. The lowest BCUT2D eigenvalue weighted by Crippen LogP contribution is -2.53. The van der Waals surface area contributed by atoms with Gasteiger partial charge in [0.1, 0.15) is 5.82 Å². The third-order valence-electron chi connectivity index (χ3n) is 4.18. The highest BCUT2D eigenvalue weighted by Gasteiger charge is 2.28. The van der Waals surface area contributed by atoms with E-state index in [0.29, 0.717) is 0 Å². The number of aromatic nitrogens is 1. The molecule has 1 aliphatic rings. The fourth-order valence-electron chi connectivity index (χ4n) is 2.68. The van der Waals surface area contributed by atoms with Gasteiger partial charge in [0.15, 0.2) is 5.13 Å². The number of nitrogens with one attached hydrogen (secondary N) is 1. The summed E-state index contributed by atoms with van der Waals surface area (Å²) in [4.78, 5) is 7.04. The molecule has 3 rings (SSSR count). The molecule has 0 spiro atoms. The fraction of sp³-hybridized carbons (Fsp3) is 0.471. The molecule has 2 heterocycles. The van der Waals surface area contributed by atoms with E-state index in [9.17, 15) is 4.39 Å². The van der Waals surface area contributed by atoms with Gasteiger partial charge >= 0.3 is 0 Å². The van der Waals surface area contributed by atoms with E-state index < -0.39 is 0 Å². The molecule has 4 nitrogen and oxygen atoms in total. The van der Waals surface area contributed by atoms with Crippen LogP contribution in [0.5, 0.6) is 0 Å². The van der Waals surface area contributed by atoms with E-state index in [0.717, 1.165) is 49.2 Å². The van der Waals surface area contributed by atoms with E-state index in [1.165, 1.54) is 12.1 Å². The third-order valence-corrected chi connectivity index (χ3v) is 4.98. The molecule has 1 aromatic carbocycles. The molecule has 0 bridgehead atoms. The second kappa shape index (κ2) is 6.95. The van der Waals surface area contributed by atoms with E-state index in [1.54, 1.807) is 23.5 Å². The molecule has 1 aromatic heterocycles. The number of morpholine rings is 1. The maximum Gasteiger partial charge on any atom is 0.183 e. The van der Waals surface area contributed by atoms with Crippen molar-refractivity contribution < 1.29 is 9.13 Å². The summed E-state index contributed by atoms with van der Waals surface area (Å²) in [6.45, 7) is 8.83. The molecule has 0 amide bonds. The van der Waals surface area contributed by atoms with Crippen LogP contribution in [0.2, 0.25) is 0 Å². The number of ether oxygens (including phenoxy) is 1. The molecular weight excluding hydrogens is 313 g/mol. The van der Waals surface area contributed by atoms with Gasteiger partial charge < -0.3 is 10.1 Å². The summed E-state index contributed by atoms with van der Waals surface area (Å²) in [5.41, 5.74) is 1.86. The summed E-state index contributed by atoms with van der Waals surface area (Å²) in [7, 11) is 0. The first kappa shape index (κ1) is 16.4. The number of halogens is 1. The lowest BCUT2D eigenvalue weighted by molar-refractivity contribution is -0.00568. The van der Waals surface area contributed by atoms with Crippen LogP contribution in [0.3, 0.4) is 0 Å². The number of thiazole rings is 1. The zero-order valence-electron chi connectivity index (χ0n) is 13.5. The average molecular weight is 335 g/mol. The van der Waals surface area contributed by atoms with Crippen LogP contribution in [-0.2, 0) is 4.74 Å². The highest BCUT2D eigenvalue weighted by atomic mass is 32.1. The molecule has 0 unspecified atom stereocenters. The number of rotatable bonds is 5. The Kier molecular flexibility index (Phi) is 4.94. The topological polar surface area (TPSA) is 37.4 Å². The Bertz CT molecular complexity index is 636. The van der Waals surface area contributed by atoms with Crippen LogP contribution >= 0.6 is 11.3 Å². The van der Waals surface area contributed by atoms with Crippen molar-refractivity contribution in [2.45, 2.75) is 19.4 Å². The average Bonchev–Trinajstić information content (AvgIpc) is 3.04. The van der Waals surface area contributed by atoms with Crippen molar-refractivity contribution in [2.24, 2.45) is 0 Å². The molecule has 0 saturated carbocycles. The molecule has 0 aliphatic carbocycles. The highest BCUT2D eigenvalue weighted by Crippen LogP contribution is 2.26. The van der Waals surface area contributed by atoms with Crippen LogP contribution < -0.4 is 5.32 Å². The van der Waals surface area contributed by atoms with Crippen LogP contribution in [-0.4, -0.2) is 48.3 Å². The van der Waals surface area contributed by atoms with Gasteiger partial charge in [-0.3, -0.25) is 4.90 Å². The lowest BCUT2D eigenvalue weighted by atomic mass is 10.0. The predicted octanol–water partition coefficient (Wildman–Crippen LogP) is 3.47. The monoisotopic (exact) mass is 335 g/mol. The first-order valence-electron chi connectivity index (χ1n) is 7.83. The molecule has 6 heteroatoms. The second-order valence-corrected chi connectivity index (χ2v) is 7.17. The van der Waals surface area contributed by atoms with Crippen molar-refractivity contribution >= 4 is 16.5 Å². The Morgan fingerprint density at radius 1 is 1.26 bits per heavy atom. The van der Waals surface area contributed by atoms with E-state index in [1.807, 2.05) is 5.38 Å². The van der Waals surface area contributed by atoms with Crippen LogP contribution in [0.25, 0.3) is 11.3 Å². The van der Waals surface area contributed by atoms with Crippen molar-refractivity contribution in [1.29, 1.82) is 0 Å². The summed E-state index contributed by atoms with van der Waals surface area (Å²) < 4.78 is 18.4. The van der Waals surface area contributed by atoms with E-state index >= 15 is 0 Å². The third kappa shape index (κ3) is 4.07. The van der Waals surface area contributed by atoms with Crippen molar-refractivity contribution in [3.63, 3.8) is 0 Å². The number of benzene rings is 1. The first-order valence-corrected chi connectivity index (χ1v) is 8.71. The molecular formula is C17H22FN3OS. The van der Waals surface area contributed by atoms with Gasteiger partial charge in [-0.2, -0.15) is 0 Å². The summed E-state index contributed by atoms with van der Waals surface area (Å²) >= 11 is 1.58. The second-order valence-electron chi connectivity index (χ2n) is 6.31. The Labute approximate surface area is 140 Å². The molecule has 1 aliphatic heterocycles. The van der Waals surface area contributed by atoms with Crippen LogP contribution in [0.4, 0.5) is 9.52 Å². The smallest absolute Gasteiger partial charge is 0.183 e. The molecule has 0 radical (unpaired) electrons. The van der Waals surface area contributed by atoms with Crippen molar-refractivity contribution in [1.82, 2.24) is 9.88 Å². The Morgan fingerprint density at radius 2 is 1.96 bits per heavy atom. The van der Waals surface area contributed by atoms with Gasteiger partial charge in [-0.1, -0.05) is 0 Å². The minimum absolute atomic E-state index is 0.0471. The number of hydrogen-bond acceptors (Lipinski definition) is 5. The first-order chi connectivity index (χ1) is 11.0. The van der Waals surface area contributed by atoms with Crippen molar-refractivity contribution in [3.05, 3.63) is 35.5 Å². The van der Waals surface area contributed by atoms with Crippen LogP contribution in [0.15, 0.2) is 29.6 Å². The summed E-state index contributed by atoms with van der Waals surface area (Å²) in [5.74, 6) is -0.227. The van der Waals surface area contributed by atoms with Crippen LogP contribution in [0.1, 0.15) is 13.8 Å². The molecule has 1 saturated heterocycles. The number of nitrogens with zero attached hydrogens (tertiary/aromatic N) is 2.